The Labute approximate surface area is 160 Å². The summed E-state index contributed by atoms with van der Waals surface area (Å²) in [5.41, 5.74) is 7.11. The standard InChI is InChI=1S/C18H17ClFN5O2/c1-2-3-4-5-25-14(22-15-16(21)23-18(20)24-17(15)25)7-10-6-12-13(8-11(10)19)27-9-26-12/h1,6,8,18,24H,3-5,7,9H2,(H2,21,23). The van der Waals surface area contributed by atoms with Crippen molar-refractivity contribution in [1.29, 1.82) is 0 Å². The SMILES string of the molecule is C#CCCCn1c(Cc2cc3c(cc2Cl)OCO3)nc2c1NC(F)N=C2N. The first-order valence-corrected chi connectivity index (χ1v) is 8.79. The number of nitrogens with two attached hydrogens (primary N) is 1. The van der Waals surface area contributed by atoms with Gasteiger partial charge in [-0.05, 0) is 18.1 Å². The molecule has 2 aromatic rings. The Morgan fingerprint density at radius 3 is 2.96 bits per heavy atom. The minimum absolute atomic E-state index is 0.0602. The summed E-state index contributed by atoms with van der Waals surface area (Å²) in [5.74, 6) is 5.09. The maximum atomic E-state index is 13.8. The predicted molar refractivity (Wildman–Crippen MR) is 99.9 cm³/mol. The van der Waals surface area contributed by atoms with Gasteiger partial charge in [-0.2, -0.15) is 4.39 Å². The zero-order chi connectivity index (χ0) is 19.0. The monoisotopic (exact) mass is 389 g/mol. The topological polar surface area (TPSA) is 86.7 Å². The summed E-state index contributed by atoms with van der Waals surface area (Å²) in [6.45, 7) is 0.732. The van der Waals surface area contributed by atoms with Crippen molar-refractivity contribution in [3.8, 4) is 23.8 Å². The fraction of sp³-hybridized carbons (Fsp3) is 0.333. The molecule has 0 aliphatic carbocycles. The number of benzene rings is 1. The van der Waals surface area contributed by atoms with Crippen molar-refractivity contribution in [1.82, 2.24) is 9.55 Å². The third-order valence-electron chi connectivity index (χ3n) is 4.39. The van der Waals surface area contributed by atoms with Gasteiger partial charge in [0.15, 0.2) is 17.3 Å². The molecule has 27 heavy (non-hydrogen) atoms. The first-order chi connectivity index (χ1) is 13.1. The summed E-state index contributed by atoms with van der Waals surface area (Å²) < 4.78 is 26.5. The number of aliphatic imine (C=N–C) groups is 1. The lowest BCUT2D eigenvalue weighted by Crippen LogP contribution is -2.28. The molecule has 0 saturated carbocycles. The third kappa shape index (κ3) is 3.26. The van der Waals surface area contributed by atoms with Gasteiger partial charge in [-0.15, -0.1) is 12.3 Å². The molecule has 4 rings (SSSR count). The van der Waals surface area contributed by atoms with E-state index in [1.165, 1.54) is 0 Å². The van der Waals surface area contributed by atoms with Crippen molar-refractivity contribution in [2.45, 2.75) is 32.2 Å². The van der Waals surface area contributed by atoms with E-state index >= 15 is 0 Å². The van der Waals surface area contributed by atoms with Crippen LogP contribution in [0.2, 0.25) is 5.02 Å². The van der Waals surface area contributed by atoms with Gasteiger partial charge in [-0.1, -0.05) is 11.6 Å². The number of hydrogen-bond acceptors (Lipinski definition) is 6. The van der Waals surface area contributed by atoms with E-state index in [0.717, 1.165) is 12.0 Å². The molecule has 2 aliphatic heterocycles. The minimum atomic E-state index is -1.61. The maximum absolute atomic E-state index is 13.8. The van der Waals surface area contributed by atoms with Crippen LogP contribution in [0.3, 0.4) is 0 Å². The van der Waals surface area contributed by atoms with E-state index in [9.17, 15) is 4.39 Å². The number of ether oxygens (including phenoxy) is 2. The predicted octanol–water partition coefficient (Wildman–Crippen LogP) is 2.65. The van der Waals surface area contributed by atoms with Crippen LogP contribution in [-0.4, -0.2) is 28.6 Å². The van der Waals surface area contributed by atoms with Crippen molar-refractivity contribution in [3.05, 3.63) is 34.2 Å². The van der Waals surface area contributed by atoms with Crippen molar-refractivity contribution in [2.75, 3.05) is 12.1 Å². The molecular formula is C18H17ClFN5O2. The number of terminal acetylenes is 1. The molecule has 3 N–H and O–H groups in total. The van der Waals surface area contributed by atoms with Crippen molar-refractivity contribution >= 4 is 23.3 Å². The normalized spacial score (nSPS) is 17.1. The highest BCUT2D eigenvalue weighted by atomic mass is 35.5. The molecule has 0 radical (unpaired) electrons. The molecule has 7 nitrogen and oxygen atoms in total. The summed E-state index contributed by atoms with van der Waals surface area (Å²) in [6.07, 6.45) is 5.47. The molecule has 1 unspecified atom stereocenters. The second kappa shape index (κ2) is 7.00. The second-order valence-electron chi connectivity index (χ2n) is 6.15. The number of amidine groups is 1. The van der Waals surface area contributed by atoms with Crippen LogP contribution in [0.1, 0.15) is 29.9 Å². The summed E-state index contributed by atoms with van der Waals surface area (Å²) in [6, 6.07) is 3.55. The number of anilines is 1. The van der Waals surface area contributed by atoms with Gasteiger partial charge in [0.25, 0.3) is 6.42 Å². The number of imidazole rings is 1. The number of aromatic nitrogens is 2. The van der Waals surface area contributed by atoms with Gasteiger partial charge >= 0.3 is 0 Å². The number of unbranched alkanes of at least 4 members (excludes halogenated alkanes) is 1. The lowest BCUT2D eigenvalue weighted by atomic mass is 10.1. The summed E-state index contributed by atoms with van der Waals surface area (Å²) in [4.78, 5) is 8.26. The molecule has 0 saturated heterocycles. The number of halogens is 2. The van der Waals surface area contributed by atoms with Crippen molar-refractivity contribution in [2.24, 2.45) is 10.7 Å². The number of alkyl halides is 1. The van der Waals surface area contributed by atoms with E-state index in [-0.39, 0.29) is 12.6 Å². The summed E-state index contributed by atoms with van der Waals surface area (Å²) in [5, 5.41) is 3.22. The number of hydrogen-bond donors (Lipinski definition) is 2. The van der Waals surface area contributed by atoms with Gasteiger partial charge < -0.3 is 25.1 Å². The molecule has 1 aromatic heterocycles. The average molecular weight is 390 g/mol. The minimum Gasteiger partial charge on any atom is -0.454 e. The molecule has 2 aliphatic rings. The zero-order valence-corrected chi connectivity index (χ0v) is 15.1. The van der Waals surface area contributed by atoms with E-state index < -0.39 is 6.42 Å². The maximum Gasteiger partial charge on any atom is 0.267 e. The fourth-order valence-corrected chi connectivity index (χ4v) is 3.35. The zero-order valence-electron chi connectivity index (χ0n) is 14.3. The van der Waals surface area contributed by atoms with Gasteiger partial charge in [0.2, 0.25) is 6.79 Å². The van der Waals surface area contributed by atoms with Gasteiger partial charge in [0, 0.05) is 30.5 Å². The van der Waals surface area contributed by atoms with E-state index in [4.69, 9.17) is 33.2 Å². The first kappa shape index (κ1) is 17.5. The number of nitrogens with zero attached hydrogens (tertiary/aromatic N) is 3. The highest BCUT2D eigenvalue weighted by Gasteiger charge is 2.27. The molecule has 3 heterocycles. The Morgan fingerprint density at radius 1 is 1.41 bits per heavy atom. The fourth-order valence-electron chi connectivity index (χ4n) is 3.13. The van der Waals surface area contributed by atoms with Gasteiger partial charge in [0.1, 0.15) is 17.3 Å². The molecule has 9 heteroatoms. The highest BCUT2D eigenvalue weighted by Crippen LogP contribution is 2.38. The van der Waals surface area contributed by atoms with E-state index in [1.54, 1.807) is 6.07 Å². The second-order valence-corrected chi connectivity index (χ2v) is 6.56. The number of nitrogens with one attached hydrogen (secondary N) is 1. The molecular weight excluding hydrogens is 373 g/mol. The number of fused-ring (bicyclic) bond motifs is 2. The molecule has 140 valence electrons. The summed E-state index contributed by atoms with van der Waals surface area (Å²) >= 11 is 6.39. The third-order valence-corrected chi connectivity index (χ3v) is 4.74. The summed E-state index contributed by atoms with van der Waals surface area (Å²) in [7, 11) is 0. The van der Waals surface area contributed by atoms with Crippen LogP contribution in [0.5, 0.6) is 11.5 Å². The Bertz CT molecular complexity index is 966. The lowest BCUT2D eigenvalue weighted by molar-refractivity contribution is 0.174. The van der Waals surface area contributed by atoms with Gasteiger partial charge in [0.05, 0.1) is 0 Å². The van der Waals surface area contributed by atoms with Crippen LogP contribution in [0.25, 0.3) is 0 Å². The van der Waals surface area contributed by atoms with Crippen LogP contribution in [0, 0.1) is 12.3 Å². The van der Waals surface area contributed by atoms with Crippen LogP contribution in [0.4, 0.5) is 10.2 Å². The smallest absolute Gasteiger partial charge is 0.267 e. The van der Waals surface area contributed by atoms with Crippen LogP contribution >= 0.6 is 11.6 Å². The Morgan fingerprint density at radius 2 is 2.19 bits per heavy atom. The number of rotatable bonds is 5. The molecule has 1 aromatic carbocycles. The van der Waals surface area contributed by atoms with Crippen molar-refractivity contribution < 1.29 is 13.9 Å². The largest absolute Gasteiger partial charge is 0.454 e. The molecule has 1 atom stereocenters. The molecule has 0 fully saturated rings. The molecule has 0 amide bonds. The van der Waals surface area contributed by atoms with Crippen LogP contribution < -0.4 is 20.5 Å². The van der Waals surface area contributed by atoms with Crippen LogP contribution in [-0.2, 0) is 13.0 Å². The lowest BCUT2D eigenvalue weighted by Gasteiger charge is -2.18. The van der Waals surface area contributed by atoms with Crippen molar-refractivity contribution in [3.63, 3.8) is 0 Å². The average Bonchev–Trinajstić information content (AvgIpc) is 3.20. The van der Waals surface area contributed by atoms with E-state index in [0.29, 0.717) is 53.2 Å². The Hall–Kier alpha value is -2.92. The quantitative estimate of drug-likeness (QED) is 0.466. The van der Waals surface area contributed by atoms with E-state index in [1.807, 2.05) is 10.6 Å². The Kier molecular flexibility index (Phi) is 4.54. The first-order valence-electron chi connectivity index (χ1n) is 8.42. The molecule has 0 bridgehead atoms. The van der Waals surface area contributed by atoms with Gasteiger partial charge in [-0.25, -0.2) is 9.98 Å². The molecule has 0 spiro atoms. The highest BCUT2D eigenvalue weighted by molar-refractivity contribution is 6.31. The van der Waals surface area contributed by atoms with Gasteiger partial charge in [-0.3, -0.25) is 0 Å². The van der Waals surface area contributed by atoms with E-state index in [2.05, 4.69) is 21.2 Å². The Balaban J connectivity index is 1.71. The van der Waals surface area contributed by atoms with Crippen LogP contribution in [0.15, 0.2) is 17.1 Å².